The molecule has 1 aliphatic rings. The molecule has 1 fully saturated rings. The van der Waals surface area contributed by atoms with Gasteiger partial charge in [-0.15, -0.1) is 0 Å². The van der Waals surface area contributed by atoms with E-state index in [1.165, 1.54) is 6.42 Å². The molecule has 4 heteroatoms. The lowest BCUT2D eigenvalue weighted by Crippen LogP contribution is -2.43. The highest BCUT2D eigenvalue weighted by molar-refractivity contribution is 5.80. The molecule has 1 rings (SSSR count). The molecular weight excluding hydrogens is 206 g/mol. The molecule has 0 aromatic rings. The maximum absolute atomic E-state index is 12.0. The first kappa shape index (κ1) is 13.5. The standard InChI is InChI=1S/C12H23NO3/c1-4-15-11(3)16-10(2)12(14)13-8-6-5-7-9-13/h10-11H,4-9H2,1-3H3. The minimum Gasteiger partial charge on any atom is -0.353 e. The van der Waals surface area contributed by atoms with Gasteiger partial charge in [0.2, 0.25) is 0 Å². The number of likely N-dealkylation sites (tertiary alicyclic amines) is 1. The van der Waals surface area contributed by atoms with E-state index in [1.54, 1.807) is 6.92 Å². The van der Waals surface area contributed by atoms with Crippen LogP contribution in [0.1, 0.15) is 40.0 Å². The van der Waals surface area contributed by atoms with Gasteiger partial charge in [-0.25, -0.2) is 0 Å². The van der Waals surface area contributed by atoms with Crippen molar-refractivity contribution in [1.82, 2.24) is 4.90 Å². The maximum Gasteiger partial charge on any atom is 0.251 e. The quantitative estimate of drug-likeness (QED) is 0.675. The van der Waals surface area contributed by atoms with Crippen molar-refractivity contribution in [2.45, 2.75) is 52.4 Å². The fourth-order valence-corrected chi connectivity index (χ4v) is 1.99. The molecule has 0 aliphatic carbocycles. The van der Waals surface area contributed by atoms with Crippen LogP contribution >= 0.6 is 0 Å². The molecule has 0 radical (unpaired) electrons. The van der Waals surface area contributed by atoms with Crippen LogP contribution in [0.5, 0.6) is 0 Å². The molecule has 1 aliphatic heterocycles. The Hall–Kier alpha value is -0.610. The topological polar surface area (TPSA) is 38.8 Å². The average Bonchev–Trinajstić information content (AvgIpc) is 2.29. The minimum absolute atomic E-state index is 0.0891. The fourth-order valence-electron chi connectivity index (χ4n) is 1.99. The number of rotatable bonds is 5. The highest BCUT2D eigenvalue weighted by Crippen LogP contribution is 2.12. The zero-order chi connectivity index (χ0) is 12.0. The highest BCUT2D eigenvalue weighted by Gasteiger charge is 2.23. The first-order valence-electron chi connectivity index (χ1n) is 6.21. The number of hydrogen-bond acceptors (Lipinski definition) is 3. The van der Waals surface area contributed by atoms with E-state index in [-0.39, 0.29) is 12.2 Å². The largest absolute Gasteiger partial charge is 0.353 e. The molecule has 2 atom stereocenters. The van der Waals surface area contributed by atoms with E-state index in [4.69, 9.17) is 9.47 Å². The summed E-state index contributed by atoms with van der Waals surface area (Å²) in [5.74, 6) is 0.0891. The molecule has 4 nitrogen and oxygen atoms in total. The van der Waals surface area contributed by atoms with Crippen molar-refractivity contribution in [2.24, 2.45) is 0 Å². The lowest BCUT2D eigenvalue weighted by atomic mass is 10.1. The third-order valence-corrected chi connectivity index (χ3v) is 2.81. The van der Waals surface area contributed by atoms with Gasteiger partial charge in [-0.3, -0.25) is 4.79 Å². The number of carbonyl (C=O) groups is 1. The molecule has 94 valence electrons. The second kappa shape index (κ2) is 6.86. The van der Waals surface area contributed by atoms with Crippen molar-refractivity contribution in [1.29, 1.82) is 0 Å². The van der Waals surface area contributed by atoms with E-state index in [2.05, 4.69) is 0 Å². The molecule has 16 heavy (non-hydrogen) atoms. The Labute approximate surface area is 97.9 Å². The van der Waals surface area contributed by atoms with E-state index < -0.39 is 6.10 Å². The van der Waals surface area contributed by atoms with Crippen LogP contribution < -0.4 is 0 Å². The molecule has 0 aromatic heterocycles. The predicted octanol–water partition coefficient (Wildman–Crippen LogP) is 1.79. The van der Waals surface area contributed by atoms with Gasteiger partial charge in [0.25, 0.3) is 5.91 Å². The first-order chi connectivity index (χ1) is 7.65. The molecule has 0 N–H and O–H groups in total. The molecule has 0 aromatic carbocycles. The average molecular weight is 229 g/mol. The van der Waals surface area contributed by atoms with Crippen LogP contribution in [0.4, 0.5) is 0 Å². The van der Waals surface area contributed by atoms with Crippen molar-refractivity contribution in [3.8, 4) is 0 Å². The molecule has 2 unspecified atom stereocenters. The van der Waals surface area contributed by atoms with E-state index in [9.17, 15) is 4.79 Å². The summed E-state index contributed by atoms with van der Waals surface area (Å²) in [6.07, 6.45) is 2.74. The number of piperidine rings is 1. The van der Waals surface area contributed by atoms with Crippen molar-refractivity contribution >= 4 is 5.91 Å². The van der Waals surface area contributed by atoms with Gasteiger partial charge in [-0.2, -0.15) is 0 Å². The zero-order valence-corrected chi connectivity index (χ0v) is 10.6. The second-order valence-electron chi connectivity index (χ2n) is 4.19. The van der Waals surface area contributed by atoms with E-state index >= 15 is 0 Å². The third-order valence-electron chi connectivity index (χ3n) is 2.81. The monoisotopic (exact) mass is 229 g/mol. The van der Waals surface area contributed by atoms with Crippen molar-refractivity contribution in [2.75, 3.05) is 19.7 Å². The van der Waals surface area contributed by atoms with Gasteiger partial charge in [0.1, 0.15) is 6.10 Å². The molecule has 0 spiro atoms. The van der Waals surface area contributed by atoms with Crippen LogP contribution in [0.2, 0.25) is 0 Å². The van der Waals surface area contributed by atoms with Crippen LogP contribution in [0.15, 0.2) is 0 Å². The summed E-state index contributed by atoms with van der Waals surface area (Å²) in [4.78, 5) is 13.9. The van der Waals surface area contributed by atoms with E-state index in [0.29, 0.717) is 6.61 Å². The van der Waals surface area contributed by atoms with Crippen LogP contribution in [0.25, 0.3) is 0 Å². The predicted molar refractivity (Wildman–Crippen MR) is 62.1 cm³/mol. The molecule has 1 saturated heterocycles. The van der Waals surface area contributed by atoms with Gasteiger partial charge in [-0.1, -0.05) is 0 Å². The van der Waals surface area contributed by atoms with Gasteiger partial charge < -0.3 is 14.4 Å². The first-order valence-corrected chi connectivity index (χ1v) is 6.21. The summed E-state index contributed by atoms with van der Waals surface area (Å²) >= 11 is 0. The second-order valence-corrected chi connectivity index (χ2v) is 4.19. The number of nitrogens with zero attached hydrogens (tertiary/aromatic N) is 1. The summed E-state index contributed by atoms with van der Waals surface area (Å²) in [6, 6.07) is 0. The summed E-state index contributed by atoms with van der Waals surface area (Å²) in [6.45, 7) is 7.88. The Kier molecular flexibility index (Phi) is 5.77. The number of ether oxygens (including phenoxy) is 2. The minimum atomic E-state index is -0.403. The SMILES string of the molecule is CCOC(C)OC(C)C(=O)N1CCCCC1. The smallest absolute Gasteiger partial charge is 0.251 e. The van der Waals surface area contributed by atoms with E-state index in [1.807, 2.05) is 18.7 Å². The number of amides is 1. The number of hydrogen-bond donors (Lipinski definition) is 0. The Morgan fingerprint density at radius 3 is 2.44 bits per heavy atom. The van der Waals surface area contributed by atoms with Gasteiger partial charge in [0, 0.05) is 19.7 Å². The van der Waals surface area contributed by atoms with Gasteiger partial charge in [0.05, 0.1) is 0 Å². The van der Waals surface area contributed by atoms with Crippen molar-refractivity contribution in [3.05, 3.63) is 0 Å². The molecule has 1 heterocycles. The number of carbonyl (C=O) groups excluding carboxylic acids is 1. The molecule has 0 saturated carbocycles. The third kappa shape index (κ3) is 4.10. The lowest BCUT2D eigenvalue weighted by Gasteiger charge is -2.30. The summed E-state index contributed by atoms with van der Waals surface area (Å²) in [5.41, 5.74) is 0. The van der Waals surface area contributed by atoms with Crippen LogP contribution in [0.3, 0.4) is 0 Å². The Morgan fingerprint density at radius 1 is 1.25 bits per heavy atom. The normalized spacial score (nSPS) is 20.6. The Balaban J connectivity index is 2.34. The van der Waals surface area contributed by atoms with Crippen LogP contribution in [-0.2, 0) is 14.3 Å². The van der Waals surface area contributed by atoms with Crippen LogP contribution in [0, 0.1) is 0 Å². The fraction of sp³-hybridized carbons (Fsp3) is 0.917. The molecule has 1 amide bonds. The zero-order valence-electron chi connectivity index (χ0n) is 10.6. The van der Waals surface area contributed by atoms with Crippen molar-refractivity contribution in [3.63, 3.8) is 0 Å². The summed E-state index contributed by atoms with van der Waals surface area (Å²) in [5, 5.41) is 0. The van der Waals surface area contributed by atoms with Crippen LogP contribution in [-0.4, -0.2) is 42.9 Å². The maximum atomic E-state index is 12.0. The molecular formula is C12H23NO3. The van der Waals surface area contributed by atoms with E-state index in [0.717, 1.165) is 25.9 Å². The van der Waals surface area contributed by atoms with Crippen molar-refractivity contribution < 1.29 is 14.3 Å². The van der Waals surface area contributed by atoms with Gasteiger partial charge in [0.15, 0.2) is 6.29 Å². The highest BCUT2D eigenvalue weighted by atomic mass is 16.7. The Bertz CT molecular complexity index is 214. The van der Waals surface area contributed by atoms with Gasteiger partial charge in [-0.05, 0) is 40.0 Å². The Morgan fingerprint density at radius 2 is 1.88 bits per heavy atom. The molecule has 0 bridgehead atoms. The lowest BCUT2D eigenvalue weighted by molar-refractivity contribution is -0.175. The van der Waals surface area contributed by atoms with Gasteiger partial charge >= 0.3 is 0 Å². The summed E-state index contributed by atoms with van der Waals surface area (Å²) in [7, 11) is 0. The summed E-state index contributed by atoms with van der Waals surface area (Å²) < 4.78 is 10.7.